The van der Waals surface area contributed by atoms with Crippen molar-refractivity contribution in [2.75, 3.05) is 5.32 Å². The van der Waals surface area contributed by atoms with Gasteiger partial charge >= 0.3 is 12.2 Å². The minimum Gasteiger partial charge on any atom is -0.307 e. The van der Waals surface area contributed by atoms with E-state index in [9.17, 15) is 26.4 Å². The first-order valence-electron chi connectivity index (χ1n) is 7.56. The summed E-state index contributed by atoms with van der Waals surface area (Å²) in [5.41, 5.74) is 0.568. The third-order valence-electron chi connectivity index (χ3n) is 3.82. The fourth-order valence-electron chi connectivity index (χ4n) is 2.56. The highest BCUT2D eigenvalue weighted by Gasteiger charge is 2.33. The monoisotopic (exact) mass is 416 g/mol. The number of halogens is 4. The van der Waals surface area contributed by atoms with E-state index in [2.05, 4.69) is 5.32 Å². The molecule has 0 radical (unpaired) electrons. The van der Waals surface area contributed by atoms with Crippen LogP contribution in [0.3, 0.4) is 0 Å². The highest BCUT2D eigenvalue weighted by Crippen LogP contribution is 2.35. The van der Waals surface area contributed by atoms with Gasteiger partial charge in [0.05, 0.1) is 15.5 Å². The number of rotatable bonds is 3. The number of anilines is 1. The molecule has 142 valence electrons. The van der Waals surface area contributed by atoms with E-state index in [4.69, 9.17) is 11.6 Å². The second kappa shape index (κ2) is 6.90. The van der Waals surface area contributed by atoms with Gasteiger partial charge in [-0.25, -0.2) is 17.9 Å². The molecule has 0 heterocycles. The van der Waals surface area contributed by atoms with Crippen molar-refractivity contribution in [3.63, 3.8) is 0 Å². The van der Waals surface area contributed by atoms with E-state index in [1.54, 1.807) is 6.07 Å². The normalized spacial score (nSPS) is 13.3. The first-order valence-corrected chi connectivity index (χ1v) is 9.42. The maximum absolute atomic E-state index is 12.7. The lowest BCUT2D eigenvalue weighted by atomic mass is 10.1. The molecule has 3 rings (SSSR count). The summed E-state index contributed by atoms with van der Waals surface area (Å²) in [7, 11) is -4.15. The number of amides is 2. The van der Waals surface area contributed by atoms with Crippen LogP contribution in [0.2, 0.25) is 5.02 Å². The number of alkyl halides is 3. The summed E-state index contributed by atoms with van der Waals surface area (Å²) in [5, 5.41) is 1.53. The summed E-state index contributed by atoms with van der Waals surface area (Å²) in [6.07, 6.45) is -0.297. The number of sulfonamides is 1. The van der Waals surface area contributed by atoms with Crippen molar-refractivity contribution in [3.8, 4) is 0 Å². The Hall–Kier alpha value is -2.52. The fourth-order valence-corrected chi connectivity index (χ4v) is 3.81. The Bertz CT molecular complexity index is 1050. The highest BCUT2D eigenvalue weighted by atomic mass is 35.5. The third-order valence-corrected chi connectivity index (χ3v) is 5.46. The second-order valence-corrected chi connectivity index (χ2v) is 7.81. The minimum atomic E-state index is -4.64. The Balaban J connectivity index is 1.73. The predicted molar refractivity (Wildman–Crippen MR) is 95.0 cm³/mol. The van der Waals surface area contributed by atoms with E-state index >= 15 is 0 Å². The van der Waals surface area contributed by atoms with E-state index in [-0.39, 0.29) is 10.6 Å². The van der Waals surface area contributed by atoms with Gasteiger partial charge in [-0.15, -0.1) is 0 Å². The van der Waals surface area contributed by atoms with Gasteiger partial charge in [-0.1, -0.05) is 29.8 Å². The van der Waals surface area contributed by atoms with Gasteiger partial charge in [0.25, 0.3) is 10.0 Å². The summed E-state index contributed by atoms with van der Waals surface area (Å²) in [6, 6.07) is 5.88. The molecule has 0 spiro atoms. The quantitative estimate of drug-likeness (QED) is 0.776. The Morgan fingerprint density at radius 2 is 1.85 bits per heavy atom. The zero-order chi connectivity index (χ0) is 19.8. The molecule has 10 heteroatoms. The summed E-state index contributed by atoms with van der Waals surface area (Å²) < 4.78 is 64.5. The molecule has 0 saturated carbocycles. The van der Waals surface area contributed by atoms with Crippen LogP contribution in [0.5, 0.6) is 0 Å². The average Bonchev–Trinajstić information content (AvgIpc) is 3.00. The van der Waals surface area contributed by atoms with Crippen molar-refractivity contribution in [2.24, 2.45) is 0 Å². The number of hydrogen-bond acceptors (Lipinski definition) is 3. The summed E-state index contributed by atoms with van der Waals surface area (Å²) in [4.78, 5) is 11.9. The van der Waals surface area contributed by atoms with Crippen LogP contribution >= 0.6 is 11.6 Å². The Morgan fingerprint density at radius 3 is 2.52 bits per heavy atom. The standard InChI is InChI=1S/C17H12ClF3N2O3S/c18-15-9-12(5-7-14(15)17(19,20)21)22-16(24)23-27(25,26)13-6-4-10-2-1-3-11(10)8-13/h1-2,4-9H,3H2,(H2,22,23,24). The molecule has 2 amide bonds. The third kappa shape index (κ3) is 4.25. The highest BCUT2D eigenvalue weighted by molar-refractivity contribution is 7.90. The Labute approximate surface area is 157 Å². The van der Waals surface area contributed by atoms with Gasteiger partial charge < -0.3 is 5.32 Å². The number of allylic oxidation sites excluding steroid dienone is 1. The number of benzene rings is 2. The van der Waals surface area contributed by atoms with E-state index in [0.29, 0.717) is 12.5 Å². The lowest BCUT2D eigenvalue weighted by Gasteiger charge is -2.12. The van der Waals surface area contributed by atoms with Gasteiger partial charge in [0.1, 0.15) is 0 Å². The maximum atomic E-state index is 12.7. The topological polar surface area (TPSA) is 75.3 Å². The van der Waals surface area contributed by atoms with E-state index in [0.717, 1.165) is 23.3 Å². The van der Waals surface area contributed by atoms with Crippen molar-refractivity contribution < 1.29 is 26.4 Å². The van der Waals surface area contributed by atoms with Crippen LogP contribution in [-0.4, -0.2) is 14.4 Å². The van der Waals surface area contributed by atoms with Crippen LogP contribution in [0.25, 0.3) is 6.08 Å². The molecule has 1 aliphatic carbocycles. The molecule has 27 heavy (non-hydrogen) atoms. The van der Waals surface area contributed by atoms with E-state index < -0.39 is 32.8 Å². The van der Waals surface area contributed by atoms with Crippen LogP contribution < -0.4 is 10.0 Å². The molecule has 5 nitrogen and oxygen atoms in total. The molecular formula is C17H12ClF3N2O3S. The van der Waals surface area contributed by atoms with Gasteiger partial charge in [0.2, 0.25) is 0 Å². The van der Waals surface area contributed by atoms with Gasteiger partial charge in [-0.3, -0.25) is 0 Å². The van der Waals surface area contributed by atoms with Crippen molar-refractivity contribution in [1.82, 2.24) is 4.72 Å². The SMILES string of the molecule is O=C(Nc1ccc(C(F)(F)F)c(Cl)c1)NS(=O)(=O)c1ccc2c(c1)CC=C2. The van der Waals surface area contributed by atoms with E-state index in [1.807, 2.05) is 16.9 Å². The van der Waals surface area contributed by atoms with Gasteiger partial charge in [0.15, 0.2) is 0 Å². The molecule has 2 aromatic rings. The van der Waals surface area contributed by atoms with Crippen LogP contribution in [0.1, 0.15) is 16.7 Å². The van der Waals surface area contributed by atoms with Crippen molar-refractivity contribution >= 4 is 39.4 Å². The fraction of sp³-hybridized carbons (Fsp3) is 0.118. The summed E-state index contributed by atoms with van der Waals surface area (Å²) >= 11 is 5.56. The number of urea groups is 1. The number of carbonyl (C=O) groups excluding carboxylic acids is 1. The van der Waals surface area contributed by atoms with E-state index in [1.165, 1.54) is 12.1 Å². The van der Waals surface area contributed by atoms with Crippen molar-refractivity contribution in [2.45, 2.75) is 17.5 Å². The lowest BCUT2D eigenvalue weighted by Crippen LogP contribution is -2.34. The molecule has 1 aliphatic rings. The van der Waals surface area contributed by atoms with Crippen molar-refractivity contribution in [3.05, 3.63) is 64.2 Å². The molecule has 0 saturated heterocycles. The molecule has 2 aromatic carbocycles. The molecule has 0 aromatic heterocycles. The zero-order valence-corrected chi connectivity index (χ0v) is 15.0. The predicted octanol–water partition coefficient (Wildman–Crippen LogP) is 4.44. The largest absolute Gasteiger partial charge is 0.417 e. The number of hydrogen-bond donors (Lipinski definition) is 2. The van der Waals surface area contributed by atoms with Crippen LogP contribution in [0.15, 0.2) is 47.4 Å². The molecule has 2 N–H and O–H groups in total. The first-order chi connectivity index (χ1) is 12.6. The number of nitrogens with one attached hydrogen (secondary N) is 2. The van der Waals surface area contributed by atoms with Gasteiger partial charge in [-0.05, 0) is 47.9 Å². The molecule has 0 unspecified atom stereocenters. The van der Waals surface area contributed by atoms with Crippen LogP contribution in [-0.2, 0) is 22.6 Å². The smallest absolute Gasteiger partial charge is 0.307 e. The zero-order valence-electron chi connectivity index (χ0n) is 13.5. The molecular weight excluding hydrogens is 405 g/mol. The first kappa shape index (κ1) is 19.2. The maximum Gasteiger partial charge on any atom is 0.417 e. The molecule has 0 aliphatic heterocycles. The van der Waals surface area contributed by atoms with Gasteiger partial charge in [-0.2, -0.15) is 13.2 Å². The second-order valence-electron chi connectivity index (χ2n) is 5.72. The van der Waals surface area contributed by atoms with Crippen LogP contribution in [0.4, 0.5) is 23.7 Å². The average molecular weight is 417 g/mol. The van der Waals surface area contributed by atoms with Crippen molar-refractivity contribution in [1.29, 1.82) is 0 Å². The Morgan fingerprint density at radius 1 is 1.11 bits per heavy atom. The lowest BCUT2D eigenvalue weighted by molar-refractivity contribution is -0.137. The minimum absolute atomic E-state index is 0.0844. The van der Waals surface area contributed by atoms with Gasteiger partial charge in [0, 0.05) is 5.69 Å². The summed E-state index contributed by atoms with van der Waals surface area (Å²) in [6.45, 7) is 0. The summed E-state index contributed by atoms with van der Waals surface area (Å²) in [5.74, 6) is 0. The Kier molecular flexibility index (Phi) is 4.92. The van der Waals surface area contributed by atoms with Crippen LogP contribution in [0, 0.1) is 0 Å². The number of fused-ring (bicyclic) bond motifs is 1. The number of carbonyl (C=O) groups is 1. The molecule has 0 atom stereocenters. The molecule has 0 bridgehead atoms. The molecule has 0 fully saturated rings.